The van der Waals surface area contributed by atoms with Crippen LogP contribution in [-0.2, 0) is 0 Å². The molecule has 0 fully saturated rings. The first-order valence-corrected chi connectivity index (χ1v) is 2.25. The van der Waals surface area contributed by atoms with Crippen LogP contribution in [0.4, 0.5) is 0 Å². The lowest BCUT2D eigenvalue weighted by atomic mass is 10.1. The molecular formula is C5H14BrN. The van der Waals surface area contributed by atoms with Crippen LogP contribution in [0.15, 0.2) is 0 Å². The average molecular weight is 168 g/mol. The van der Waals surface area contributed by atoms with Crippen molar-refractivity contribution in [3.8, 4) is 0 Å². The number of hydrogen-bond acceptors (Lipinski definition) is 1. The number of nitrogens with one attached hydrogen (secondary N) is 1. The highest BCUT2D eigenvalue weighted by Gasteiger charge is 2.01. The Morgan fingerprint density at radius 1 is 1.14 bits per heavy atom. The van der Waals surface area contributed by atoms with E-state index in [-0.39, 0.29) is 17.0 Å². The summed E-state index contributed by atoms with van der Waals surface area (Å²) in [6.07, 6.45) is 0. The summed E-state index contributed by atoms with van der Waals surface area (Å²) in [5.74, 6) is 0. The second kappa shape index (κ2) is 3.44. The summed E-state index contributed by atoms with van der Waals surface area (Å²) in [7, 11) is 1.96. The molecule has 1 nitrogen and oxygen atoms in total. The molecule has 0 saturated heterocycles. The summed E-state index contributed by atoms with van der Waals surface area (Å²) < 4.78 is 0. The van der Waals surface area contributed by atoms with Gasteiger partial charge in [0.1, 0.15) is 0 Å². The zero-order chi connectivity index (χ0) is 5.21. The molecule has 0 radical (unpaired) electrons. The molecule has 0 aliphatic heterocycles. The van der Waals surface area contributed by atoms with Gasteiger partial charge in [0, 0.05) is 5.54 Å². The SMILES string of the molecule is Br.CNC(C)(C)C. The lowest BCUT2D eigenvalue weighted by Gasteiger charge is -2.15. The Morgan fingerprint density at radius 3 is 1.29 bits per heavy atom. The van der Waals surface area contributed by atoms with Crippen molar-refractivity contribution in [1.29, 1.82) is 0 Å². The van der Waals surface area contributed by atoms with E-state index in [1.807, 2.05) is 7.05 Å². The van der Waals surface area contributed by atoms with Gasteiger partial charge in [-0.3, -0.25) is 0 Å². The van der Waals surface area contributed by atoms with E-state index in [1.165, 1.54) is 0 Å². The molecule has 7 heavy (non-hydrogen) atoms. The molecule has 2 heteroatoms. The topological polar surface area (TPSA) is 12.0 Å². The van der Waals surface area contributed by atoms with E-state index in [4.69, 9.17) is 0 Å². The van der Waals surface area contributed by atoms with Gasteiger partial charge in [0.25, 0.3) is 0 Å². The fourth-order valence-corrected chi connectivity index (χ4v) is 0. The molecule has 0 aromatic rings. The van der Waals surface area contributed by atoms with Gasteiger partial charge in [-0.1, -0.05) is 0 Å². The second-order valence-electron chi connectivity index (χ2n) is 2.50. The van der Waals surface area contributed by atoms with E-state index < -0.39 is 0 Å². The minimum atomic E-state index is 0. The van der Waals surface area contributed by atoms with Crippen LogP contribution in [0.3, 0.4) is 0 Å². The molecule has 0 saturated carbocycles. The van der Waals surface area contributed by atoms with Crippen molar-refractivity contribution < 1.29 is 0 Å². The summed E-state index contributed by atoms with van der Waals surface area (Å²) in [5, 5.41) is 3.10. The number of rotatable bonds is 0. The first kappa shape index (κ1) is 10.4. The van der Waals surface area contributed by atoms with E-state index in [0.717, 1.165) is 0 Å². The van der Waals surface area contributed by atoms with Crippen LogP contribution in [0.2, 0.25) is 0 Å². The van der Waals surface area contributed by atoms with Crippen LogP contribution >= 0.6 is 17.0 Å². The Morgan fingerprint density at radius 2 is 1.29 bits per heavy atom. The molecule has 0 aromatic carbocycles. The van der Waals surface area contributed by atoms with Crippen molar-refractivity contribution in [2.75, 3.05) is 7.05 Å². The molecule has 46 valence electrons. The third kappa shape index (κ3) is 10.7. The zero-order valence-electron chi connectivity index (χ0n) is 5.41. The lowest BCUT2D eigenvalue weighted by molar-refractivity contribution is 0.469. The molecule has 0 aliphatic carbocycles. The van der Waals surface area contributed by atoms with Crippen molar-refractivity contribution in [1.82, 2.24) is 5.32 Å². The fraction of sp³-hybridized carbons (Fsp3) is 1.00. The quantitative estimate of drug-likeness (QED) is 0.579. The summed E-state index contributed by atoms with van der Waals surface area (Å²) in [6.45, 7) is 6.40. The predicted octanol–water partition coefficient (Wildman–Crippen LogP) is 1.58. The van der Waals surface area contributed by atoms with Gasteiger partial charge in [-0.25, -0.2) is 0 Å². The summed E-state index contributed by atoms with van der Waals surface area (Å²) in [6, 6.07) is 0. The second-order valence-corrected chi connectivity index (χ2v) is 2.50. The first-order valence-electron chi connectivity index (χ1n) is 2.25. The molecule has 0 aromatic heterocycles. The van der Waals surface area contributed by atoms with Crippen LogP contribution in [0.1, 0.15) is 20.8 Å². The minimum Gasteiger partial charge on any atom is -0.315 e. The van der Waals surface area contributed by atoms with Gasteiger partial charge in [-0.15, -0.1) is 17.0 Å². The summed E-state index contributed by atoms with van der Waals surface area (Å²) in [4.78, 5) is 0. The molecule has 0 rings (SSSR count). The molecule has 0 aliphatic rings. The molecule has 0 heterocycles. The Hall–Kier alpha value is 0.440. The third-order valence-corrected chi connectivity index (χ3v) is 0.750. The van der Waals surface area contributed by atoms with Gasteiger partial charge >= 0.3 is 0 Å². The molecule has 0 bridgehead atoms. The standard InChI is InChI=1S/C5H13N.BrH/c1-5(2,3)6-4;/h6H,1-4H3;1H. The third-order valence-electron chi connectivity index (χ3n) is 0.750. The summed E-state index contributed by atoms with van der Waals surface area (Å²) in [5.41, 5.74) is 0.292. The van der Waals surface area contributed by atoms with Crippen LogP contribution < -0.4 is 5.32 Å². The Bertz CT molecular complexity index is 37.8. The van der Waals surface area contributed by atoms with E-state index in [2.05, 4.69) is 26.1 Å². The van der Waals surface area contributed by atoms with Crippen LogP contribution in [0.5, 0.6) is 0 Å². The van der Waals surface area contributed by atoms with E-state index in [1.54, 1.807) is 0 Å². The van der Waals surface area contributed by atoms with Gasteiger partial charge < -0.3 is 5.32 Å². The van der Waals surface area contributed by atoms with E-state index in [0.29, 0.717) is 5.54 Å². The Kier molecular flexibility index (Phi) is 5.13. The minimum absolute atomic E-state index is 0. The predicted molar refractivity (Wildman–Crippen MR) is 39.1 cm³/mol. The lowest BCUT2D eigenvalue weighted by Crippen LogP contribution is -2.31. The van der Waals surface area contributed by atoms with Gasteiger partial charge in [-0.05, 0) is 27.8 Å². The average Bonchev–Trinajstić information content (AvgIpc) is 1.35. The van der Waals surface area contributed by atoms with Crippen molar-refractivity contribution in [3.05, 3.63) is 0 Å². The van der Waals surface area contributed by atoms with E-state index >= 15 is 0 Å². The highest BCUT2D eigenvalue weighted by Crippen LogP contribution is 1.93. The number of hydrogen-bond donors (Lipinski definition) is 1. The van der Waals surface area contributed by atoms with Crippen molar-refractivity contribution in [3.63, 3.8) is 0 Å². The number of halogens is 1. The van der Waals surface area contributed by atoms with Crippen molar-refractivity contribution in [2.45, 2.75) is 26.3 Å². The zero-order valence-corrected chi connectivity index (χ0v) is 7.12. The molecule has 1 N–H and O–H groups in total. The maximum Gasteiger partial charge on any atom is 0.00935 e. The van der Waals surface area contributed by atoms with Crippen molar-refractivity contribution >= 4 is 17.0 Å². The van der Waals surface area contributed by atoms with Crippen molar-refractivity contribution in [2.24, 2.45) is 0 Å². The molecule has 0 unspecified atom stereocenters. The van der Waals surface area contributed by atoms with Gasteiger partial charge in [0.05, 0.1) is 0 Å². The maximum atomic E-state index is 3.10. The monoisotopic (exact) mass is 167 g/mol. The maximum absolute atomic E-state index is 3.10. The molecule has 0 spiro atoms. The van der Waals surface area contributed by atoms with Crippen LogP contribution in [0.25, 0.3) is 0 Å². The van der Waals surface area contributed by atoms with Crippen LogP contribution in [-0.4, -0.2) is 12.6 Å². The molecule has 0 atom stereocenters. The van der Waals surface area contributed by atoms with Crippen LogP contribution in [0, 0.1) is 0 Å². The highest BCUT2D eigenvalue weighted by atomic mass is 79.9. The van der Waals surface area contributed by atoms with Gasteiger partial charge in [-0.2, -0.15) is 0 Å². The normalized spacial score (nSPS) is 10.3. The van der Waals surface area contributed by atoms with Gasteiger partial charge in [0.2, 0.25) is 0 Å². The molecular weight excluding hydrogens is 154 g/mol. The Labute approximate surface area is 56.3 Å². The highest BCUT2D eigenvalue weighted by molar-refractivity contribution is 8.93. The largest absolute Gasteiger partial charge is 0.315 e. The summed E-state index contributed by atoms with van der Waals surface area (Å²) >= 11 is 0. The fourth-order valence-electron chi connectivity index (χ4n) is 0. The smallest absolute Gasteiger partial charge is 0.00935 e. The Balaban J connectivity index is 0. The first-order chi connectivity index (χ1) is 2.56. The van der Waals surface area contributed by atoms with E-state index in [9.17, 15) is 0 Å². The molecule has 0 amide bonds. The van der Waals surface area contributed by atoms with Gasteiger partial charge in [0.15, 0.2) is 0 Å².